The number of hydrogen-bond donors (Lipinski definition) is 0. The zero-order chi connectivity index (χ0) is 26.3. The average molecular weight is 491 g/mol. The van der Waals surface area contributed by atoms with Crippen LogP contribution in [0.15, 0.2) is 18.2 Å². The molecule has 1 aromatic rings. The van der Waals surface area contributed by atoms with Crippen molar-refractivity contribution >= 4 is 23.9 Å². The maximum absolute atomic E-state index is 13.8. The average Bonchev–Trinajstić information content (AvgIpc) is 2.73. The molecule has 0 N–H and O–H groups in total. The molecule has 4 amide bonds. The topological polar surface area (TPSA) is 91.9 Å². The van der Waals surface area contributed by atoms with Crippen LogP contribution in [0.4, 0.5) is 20.1 Å². The molecule has 194 valence electrons. The normalized spacial score (nSPS) is 21.0. The number of rotatable bonds is 2. The monoisotopic (exact) mass is 490 g/mol. The molecular formula is C25H38N4O6. The summed E-state index contributed by atoms with van der Waals surface area (Å²) in [5, 5.41) is 2.72. The van der Waals surface area contributed by atoms with Crippen LogP contribution in [0.5, 0.6) is 5.75 Å². The Labute approximate surface area is 207 Å². The number of carbonyl (C=O) groups excluding carboxylic acids is 3. The second kappa shape index (κ2) is 9.47. The molecule has 2 unspecified atom stereocenters. The fourth-order valence-corrected chi connectivity index (χ4v) is 4.30. The molecule has 1 aromatic carbocycles. The van der Waals surface area contributed by atoms with E-state index in [4.69, 9.17) is 14.2 Å². The molecule has 0 saturated carbocycles. The van der Waals surface area contributed by atoms with Gasteiger partial charge >= 0.3 is 18.2 Å². The first-order chi connectivity index (χ1) is 16.1. The number of fused-ring (bicyclic) bond motifs is 1. The van der Waals surface area contributed by atoms with E-state index >= 15 is 0 Å². The van der Waals surface area contributed by atoms with Gasteiger partial charge in [0.25, 0.3) is 0 Å². The molecule has 2 aliphatic rings. The van der Waals surface area contributed by atoms with Gasteiger partial charge in [0.15, 0.2) is 0 Å². The van der Waals surface area contributed by atoms with Crippen LogP contribution in [0.1, 0.15) is 54.0 Å². The molecule has 0 spiro atoms. The molecule has 0 aliphatic carbocycles. The first-order valence-corrected chi connectivity index (χ1v) is 11.9. The Morgan fingerprint density at radius 2 is 1.57 bits per heavy atom. The van der Waals surface area contributed by atoms with Crippen molar-refractivity contribution in [2.75, 3.05) is 31.8 Å². The Morgan fingerprint density at radius 3 is 2.11 bits per heavy atom. The van der Waals surface area contributed by atoms with Gasteiger partial charge in [-0.25, -0.2) is 19.4 Å². The van der Waals surface area contributed by atoms with Crippen LogP contribution >= 0.6 is 0 Å². The number of urea groups is 1. The Kier molecular flexibility index (Phi) is 7.15. The van der Waals surface area contributed by atoms with E-state index in [1.807, 2.05) is 34.6 Å². The van der Waals surface area contributed by atoms with Gasteiger partial charge in [0.05, 0.1) is 24.9 Å². The zero-order valence-corrected chi connectivity index (χ0v) is 22.2. The van der Waals surface area contributed by atoms with Crippen molar-refractivity contribution in [1.82, 2.24) is 14.8 Å². The van der Waals surface area contributed by atoms with Crippen molar-refractivity contribution in [3.05, 3.63) is 23.8 Å². The van der Waals surface area contributed by atoms with Gasteiger partial charge in [0.1, 0.15) is 17.0 Å². The van der Waals surface area contributed by atoms with E-state index in [9.17, 15) is 14.4 Å². The minimum atomic E-state index is -0.756. The first-order valence-electron chi connectivity index (χ1n) is 11.9. The van der Waals surface area contributed by atoms with Crippen molar-refractivity contribution in [3.63, 3.8) is 0 Å². The molecule has 10 nitrogen and oxygen atoms in total. The number of benzene rings is 1. The van der Waals surface area contributed by atoms with Gasteiger partial charge in [-0.1, -0.05) is 0 Å². The summed E-state index contributed by atoms with van der Waals surface area (Å²) in [6.45, 7) is 15.4. The third kappa shape index (κ3) is 5.74. The van der Waals surface area contributed by atoms with Crippen LogP contribution in [0, 0.1) is 6.92 Å². The van der Waals surface area contributed by atoms with Crippen LogP contribution in [0.3, 0.4) is 0 Å². The summed E-state index contributed by atoms with van der Waals surface area (Å²) in [5.74, 6) is 0.680. The number of hydrogen-bond acceptors (Lipinski definition) is 6. The van der Waals surface area contributed by atoms with Crippen molar-refractivity contribution in [2.24, 2.45) is 0 Å². The number of methoxy groups -OCH3 is 1. The summed E-state index contributed by atoms with van der Waals surface area (Å²) in [6, 6.07) is 4.06. The Balaban J connectivity index is 1.98. The van der Waals surface area contributed by atoms with Gasteiger partial charge in [-0.3, -0.25) is 0 Å². The lowest BCUT2D eigenvalue weighted by molar-refractivity contribution is -0.0275. The highest BCUT2D eigenvalue weighted by molar-refractivity contribution is 5.96. The summed E-state index contributed by atoms with van der Waals surface area (Å²) in [5.41, 5.74) is -0.0352. The Morgan fingerprint density at radius 1 is 0.971 bits per heavy atom. The molecular weight excluding hydrogens is 452 g/mol. The molecule has 2 heterocycles. The Bertz CT molecular complexity index is 983. The summed E-state index contributed by atoms with van der Waals surface area (Å²) >= 11 is 0. The van der Waals surface area contributed by atoms with E-state index in [1.165, 1.54) is 10.0 Å². The SMILES string of the molecule is COc1ccc(N2C(=O)N3CCN(C(=O)OC(C)(C)C)CC3C(C)N2C(=O)OC(C)(C)C)cc1C. The molecule has 35 heavy (non-hydrogen) atoms. The molecule has 10 heteroatoms. The molecule has 2 atom stereocenters. The van der Waals surface area contributed by atoms with E-state index in [0.29, 0.717) is 24.5 Å². The lowest BCUT2D eigenvalue weighted by atomic mass is 10.0. The minimum absolute atomic E-state index is 0.247. The lowest BCUT2D eigenvalue weighted by Crippen LogP contribution is -2.74. The zero-order valence-electron chi connectivity index (χ0n) is 22.2. The van der Waals surface area contributed by atoms with Crippen LogP contribution in [0.2, 0.25) is 0 Å². The van der Waals surface area contributed by atoms with Gasteiger partial charge < -0.3 is 24.0 Å². The summed E-state index contributed by atoms with van der Waals surface area (Å²) in [4.78, 5) is 43.2. The molecule has 0 radical (unpaired) electrons. The lowest BCUT2D eigenvalue weighted by Gasteiger charge is -2.54. The number of hydrazine groups is 1. The minimum Gasteiger partial charge on any atom is -0.496 e. The predicted octanol–water partition coefficient (Wildman–Crippen LogP) is 4.41. The molecule has 0 bridgehead atoms. The molecule has 0 aromatic heterocycles. The molecule has 2 fully saturated rings. The standard InChI is InChI=1S/C25H38N4O6/c1-16-14-18(10-11-20(16)33-9)29-21(30)27-13-12-26(22(31)34-24(3,4)5)15-19(27)17(2)28(29)23(32)35-25(6,7)8/h10-11,14,17,19H,12-13,15H2,1-9H3. The predicted molar refractivity (Wildman–Crippen MR) is 131 cm³/mol. The first kappa shape index (κ1) is 26.4. The largest absolute Gasteiger partial charge is 0.496 e. The van der Waals surface area contributed by atoms with Crippen molar-refractivity contribution in [2.45, 2.75) is 78.7 Å². The summed E-state index contributed by atoms with van der Waals surface area (Å²) < 4.78 is 16.6. The van der Waals surface area contributed by atoms with E-state index in [2.05, 4.69) is 0 Å². The number of ether oxygens (including phenoxy) is 3. The molecule has 2 aliphatic heterocycles. The van der Waals surface area contributed by atoms with Gasteiger partial charge in [-0.2, -0.15) is 5.01 Å². The molecule has 3 rings (SSSR count). The van der Waals surface area contributed by atoms with E-state index in [-0.39, 0.29) is 12.6 Å². The number of amides is 4. The molecule has 2 saturated heterocycles. The number of nitrogens with zero attached hydrogens (tertiary/aromatic N) is 4. The quantitative estimate of drug-likeness (QED) is 0.610. The summed E-state index contributed by atoms with van der Waals surface area (Å²) in [6.07, 6.45) is -1.07. The van der Waals surface area contributed by atoms with E-state index in [0.717, 1.165) is 5.56 Å². The van der Waals surface area contributed by atoms with Crippen molar-refractivity contribution in [3.8, 4) is 5.75 Å². The van der Waals surface area contributed by atoms with Gasteiger partial charge in [-0.15, -0.1) is 0 Å². The van der Waals surface area contributed by atoms with Gasteiger partial charge in [0, 0.05) is 19.6 Å². The smallest absolute Gasteiger partial charge is 0.430 e. The van der Waals surface area contributed by atoms with Crippen LogP contribution in [-0.2, 0) is 9.47 Å². The summed E-state index contributed by atoms with van der Waals surface area (Å²) in [7, 11) is 1.58. The number of carbonyl (C=O) groups is 3. The fourth-order valence-electron chi connectivity index (χ4n) is 4.30. The second-order valence-electron chi connectivity index (χ2n) is 11.0. The third-order valence-electron chi connectivity index (χ3n) is 5.86. The highest BCUT2D eigenvalue weighted by atomic mass is 16.6. The van der Waals surface area contributed by atoms with Gasteiger partial charge in [-0.05, 0) is 79.2 Å². The maximum atomic E-state index is 13.8. The second-order valence-corrected chi connectivity index (χ2v) is 11.0. The highest BCUT2D eigenvalue weighted by Crippen LogP contribution is 2.34. The number of aryl methyl sites for hydroxylation is 1. The van der Waals surface area contributed by atoms with Crippen molar-refractivity contribution < 1.29 is 28.6 Å². The van der Waals surface area contributed by atoms with Crippen LogP contribution in [-0.4, -0.2) is 83.1 Å². The number of piperazine rings is 1. The third-order valence-corrected chi connectivity index (χ3v) is 5.86. The van der Waals surface area contributed by atoms with Crippen molar-refractivity contribution in [1.29, 1.82) is 0 Å². The highest BCUT2D eigenvalue weighted by Gasteiger charge is 2.50. The van der Waals surface area contributed by atoms with E-state index < -0.39 is 35.5 Å². The number of anilines is 1. The van der Waals surface area contributed by atoms with Gasteiger partial charge in [0.2, 0.25) is 0 Å². The van der Waals surface area contributed by atoms with Crippen LogP contribution < -0.4 is 9.75 Å². The van der Waals surface area contributed by atoms with E-state index in [1.54, 1.807) is 55.9 Å². The maximum Gasteiger partial charge on any atom is 0.430 e. The Hall–Kier alpha value is -3.17. The fraction of sp³-hybridized carbons (Fsp3) is 0.640. The van der Waals surface area contributed by atoms with Crippen LogP contribution in [0.25, 0.3) is 0 Å².